The van der Waals surface area contributed by atoms with E-state index in [1.165, 1.54) is 0 Å². The van der Waals surface area contributed by atoms with Crippen LogP contribution in [-0.4, -0.2) is 46.8 Å². The molecule has 1 aliphatic rings. The molecule has 0 atom stereocenters. The molecule has 3 rings (SSSR count). The number of hydrogen-bond donors (Lipinski definition) is 1. The fourth-order valence-electron chi connectivity index (χ4n) is 3.80. The molecule has 1 aliphatic heterocycles. The molecule has 0 unspecified atom stereocenters. The lowest BCUT2D eigenvalue weighted by Gasteiger charge is -2.32. The van der Waals surface area contributed by atoms with E-state index in [0.717, 1.165) is 66.6 Å². The van der Waals surface area contributed by atoms with Crippen molar-refractivity contribution >= 4 is 17.5 Å². The number of nitrogens with zero attached hydrogens (tertiary/aromatic N) is 3. The van der Waals surface area contributed by atoms with Gasteiger partial charge < -0.3 is 10.2 Å². The van der Waals surface area contributed by atoms with Crippen molar-refractivity contribution < 1.29 is 4.79 Å². The average molecular weight is 389 g/mol. The van der Waals surface area contributed by atoms with Crippen molar-refractivity contribution in [1.82, 2.24) is 20.0 Å². The zero-order valence-electron chi connectivity index (χ0n) is 16.5. The third-order valence-corrected chi connectivity index (χ3v) is 5.83. The van der Waals surface area contributed by atoms with Crippen LogP contribution in [0.25, 0.3) is 0 Å². The molecule has 0 radical (unpaired) electrons. The summed E-state index contributed by atoms with van der Waals surface area (Å²) in [6.07, 6.45) is 2.12. The number of piperidine rings is 1. The molecule has 27 heavy (non-hydrogen) atoms. The number of carbonyl (C=O) groups excluding carboxylic acids is 1. The highest BCUT2D eigenvalue weighted by Gasteiger charge is 2.27. The van der Waals surface area contributed by atoms with E-state index in [1.807, 2.05) is 47.7 Å². The molecule has 6 heteroatoms. The molecule has 1 saturated heterocycles. The van der Waals surface area contributed by atoms with Crippen LogP contribution in [0.1, 0.15) is 47.1 Å². The average Bonchev–Trinajstić information content (AvgIpc) is 2.95. The summed E-state index contributed by atoms with van der Waals surface area (Å²) in [4.78, 5) is 15.1. The molecule has 1 aromatic carbocycles. The van der Waals surface area contributed by atoms with Gasteiger partial charge in [-0.05, 0) is 57.3 Å². The SMILES string of the molecule is CCNCC1CCN(C(=O)c2c(C)nn(Cc3ccccc3Cl)c2C)CC1. The van der Waals surface area contributed by atoms with Crippen LogP contribution in [-0.2, 0) is 6.54 Å². The Morgan fingerprint density at radius 1 is 1.26 bits per heavy atom. The summed E-state index contributed by atoms with van der Waals surface area (Å²) in [5.41, 5.74) is 3.45. The number of likely N-dealkylation sites (tertiary alicyclic amines) is 1. The maximum Gasteiger partial charge on any atom is 0.257 e. The summed E-state index contributed by atoms with van der Waals surface area (Å²) in [5.74, 6) is 0.774. The van der Waals surface area contributed by atoms with Crippen molar-refractivity contribution in [3.05, 3.63) is 51.8 Å². The van der Waals surface area contributed by atoms with Crippen LogP contribution in [0.2, 0.25) is 5.02 Å². The van der Waals surface area contributed by atoms with E-state index in [0.29, 0.717) is 12.5 Å². The van der Waals surface area contributed by atoms with Crippen LogP contribution in [0.5, 0.6) is 0 Å². The Bertz CT molecular complexity index is 793. The topological polar surface area (TPSA) is 50.2 Å². The van der Waals surface area contributed by atoms with Crippen LogP contribution in [0.15, 0.2) is 24.3 Å². The lowest BCUT2D eigenvalue weighted by Crippen LogP contribution is -2.41. The molecule has 2 heterocycles. The van der Waals surface area contributed by atoms with Crippen molar-refractivity contribution in [2.24, 2.45) is 5.92 Å². The van der Waals surface area contributed by atoms with Gasteiger partial charge in [0.25, 0.3) is 5.91 Å². The summed E-state index contributed by atoms with van der Waals surface area (Å²) in [6.45, 7) is 10.3. The van der Waals surface area contributed by atoms with Gasteiger partial charge >= 0.3 is 0 Å². The molecule has 0 aliphatic carbocycles. The molecule has 2 aromatic rings. The van der Waals surface area contributed by atoms with Crippen LogP contribution in [0.4, 0.5) is 0 Å². The zero-order valence-corrected chi connectivity index (χ0v) is 17.2. The highest BCUT2D eigenvalue weighted by Crippen LogP contribution is 2.23. The number of rotatable bonds is 6. The van der Waals surface area contributed by atoms with Gasteiger partial charge in [-0.15, -0.1) is 0 Å². The first kappa shape index (κ1) is 19.9. The number of hydrogen-bond acceptors (Lipinski definition) is 3. The van der Waals surface area contributed by atoms with Gasteiger partial charge in [0.1, 0.15) is 0 Å². The summed E-state index contributed by atoms with van der Waals surface area (Å²) in [6, 6.07) is 7.76. The van der Waals surface area contributed by atoms with E-state index in [4.69, 9.17) is 11.6 Å². The Labute approximate surface area is 166 Å². The van der Waals surface area contributed by atoms with Gasteiger partial charge in [0.15, 0.2) is 0 Å². The number of aromatic nitrogens is 2. The molecule has 1 N–H and O–H groups in total. The normalized spacial score (nSPS) is 15.3. The molecule has 0 spiro atoms. The predicted octanol–water partition coefficient (Wildman–Crippen LogP) is 3.66. The van der Waals surface area contributed by atoms with Gasteiger partial charge in [0, 0.05) is 23.8 Å². The van der Waals surface area contributed by atoms with Gasteiger partial charge in [0.05, 0.1) is 17.8 Å². The Morgan fingerprint density at radius 2 is 1.96 bits per heavy atom. The number of benzene rings is 1. The largest absolute Gasteiger partial charge is 0.339 e. The zero-order chi connectivity index (χ0) is 19.4. The van der Waals surface area contributed by atoms with E-state index in [-0.39, 0.29) is 5.91 Å². The summed E-state index contributed by atoms with van der Waals surface area (Å²) >= 11 is 6.29. The summed E-state index contributed by atoms with van der Waals surface area (Å²) in [7, 11) is 0. The van der Waals surface area contributed by atoms with Crippen LogP contribution < -0.4 is 5.32 Å². The number of aryl methyl sites for hydroxylation is 1. The number of halogens is 1. The van der Waals surface area contributed by atoms with Crippen molar-refractivity contribution in [3.63, 3.8) is 0 Å². The standard InChI is InChI=1S/C21H29ClN4O/c1-4-23-13-17-9-11-25(12-10-17)21(27)20-15(2)24-26(16(20)3)14-18-7-5-6-8-19(18)22/h5-8,17,23H,4,9-14H2,1-3H3. The third kappa shape index (κ3) is 4.53. The van der Waals surface area contributed by atoms with Gasteiger partial charge in [-0.1, -0.05) is 36.7 Å². The lowest BCUT2D eigenvalue weighted by atomic mass is 9.96. The maximum atomic E-state index is 13.1. The minimum absolute atomic E-state index is 0.109. The summed E-state index contributed by atoms with van der Waals surface area (Å²) in [5, 5.41) is 8.76. The molecule has 1 fully saturated rings. The fraction of sp³-hybridized carbons (Fsp3) is 0.524. The molecule has 0 saturated carbocycles. The second-order valence-corrected chi connectivity index (χ2v) is 7.75. The first-order valence-corrected chi connectivity index (χ1v) is 10.2. The minimum atomic E-state index is 0.109. The smallest absolute Gasteiger partial charge is 0.257 e. The van der Waals surface area contributed by atoms with E-state index in [1.54, 1.807) is 0 Å². The molecular weight excluding hydrogens is 360 g/mol. The second-order valence-electron chi connectivity index (χ2n) is 7.34. The lowest BCUT2D eigenvalue weighted by molar-refractivity contribution is 0.0688. The van der Waals surface area contributed by atoms with Crippen LogP contribution in [0.3, 0.4) is 0 Å². The second kappa shape index (κ2) is 8.89. The molecule has 1 aromatic heterocycles. The van der Waals surface area contributed by atoms with Gasteiger partial charge in [-0.2, -0.15) is 5.10 Å². The molecule has 0 bridgehead atoms. The van der Waals surface area contributed by atoms with Crippen molar-refractivity contribution in [1.29, 1.82) is 0 Å². The Kier molecular flexibility index (Phi) is 6.55. The summed E-state index contributed by atoms with van der Waals surface area (Å²) < 4.78 is 1.89. The number of carbonyl (C=O) groups is 1. The highest BCUT2D eigenvalue weighted by molar-refractivity contribution is 6.31. The maximum absolute atomic E-state index is 13.1. The van der Waals surface area contributed by atoms with Crippen molar-refractivity contribution in [2.75, 3.05) is 26.2 Å². The van der Waals surface area contributed by atoms with Crippen molar-refractivity contribution in [2.45, 2.75) is 40.2 Å². The molecular formula is C21H29ClN4O. The Balaban J connectivity index is 1.71. The first-order valence-electron chi connectivity index (χ1n) is 9.78. The molecule has 5 nitrogen and oxygen atoms in total. The Hall–Kier alpha value is -1.85. The monoisotopic (exact) mass is 388 g/mol. The third-order valence-electron chi connectivity index (χ3n) is 5.46. The minimum Gasteiger partial charge on any atom is -0.339 e. The fourth-order valence-corrected chi connectivity index (χ4v) is 3.99. The Morgan fingerprint density at radius 3 is 2.63 bits per heavy atom. The quantitative estimate of drug-likeness (QED) is 0.821. The molecule has 1 amide bonds. The molecule has 146 valence electrons. The van der Waals surface area contributed by atoms with Crippen molar-refractivity contribution in [3.8, 4) is 0 Å². The number of amides is 1. The van der Waals surface area contributed by atoms with Crippen LogP contribution >= 0.6 is 11.6 Å². The van der Waals surface area contributed by atoms with E-state index < -0.39 is 0 Å². The van der Waals surface area contributed by atoms with Gasteiger partial charge in [-0.25, -0.2) is 0 Å². The first-order chi connectivity index (χ1) is 13.0. The highest BCUT2D eigenvalue weighted by atomic mass is 35.5. The number of nitrogens with one attached hydrogen (secondary N) is 1. The van der Waals surface area contributed by atoms with Gasteiger partial charge in [0.2, 0.25) is 0 Å². The van der Waals surface area contributed by atoms with E-state index >= 15 is 0 Å². The van der Waals surface area contributed by atoms with E-state index in [2.05, 4.69) is 17.3 Å². The van der Waals surface area contributed by atoms with Gasteiger partial charge in [-0.3, -0.25) is 9.48 Å². The van der Waals surface area contributed by atoms with Crippen LogP contribution in [0, 0.1) is 19.8 Å². The predicted molar refractivity (Wildman–Crippen MR) is 109 cm³/mol. The van der Waals surface area contributed by atoms with E-state index in [9.17, 15) is 4.79 Å².